The number of nitrogens with zero attached hydrogens (tertiary/aromatic N) is 2. The third-order valence-electron chi connectivity index (χ3n) is 9.95. The number of nitro benzene ring substituents is 1. The molecule has 3 aromatic carbocycles. The van der Waals surface area contributed by atoms with Gasteiger partial charge in [-0.25, -0.2) is 0 Å². The molecule has 1 saturated heterocycles. The molecule has 0 spiro atoms. The van der Waals surface area contributed by atoms with Gasteiger partial charge in [0, 0.05) is 33.9 Å². The third kappa shape index (κ3) is 4.87. The third-order valence-corrected chi connectivity index (χ3v) is 12.5. The summed E-state index contributed by atoms with van der Waals surface area (Å²) in [5.74, 6) is -1.48. The summed E-state index contributed by atoms with van der Waals surface area (Å²) < 4.78 is 5.78. The number of nitro groups is 1. The number of thiazole rings is 1. The van der Waals surface area contributed by atoms with E-state index in [1.807, 2.05) is 55.5 Å². The molecule has 8 rings (SSSR count). The molecule has 3 fully saturated rings. The summed E-state index contributed by atoms with van der Waals surface area (Å²) in [5.41, 5.74) is 2.95. The molecule has 11 nitrogen and oxygen atoms in total. The fourth-order valence-electron chi connectivity index (χ4n) is 8.21. The molecular weight excluding hydrogens is 641 g/mol. The van der Waals surface area contributed by atoms with Crippen LogP contribution in [0.3, 0.4) is 0 Å². The number of aryl methyl sites for hydroxylation is 1. The van der Waals surface area contributed by atoms with Crippen LogP contribution < -0.4 is 19.8 Å². The Morgan fingerprint density at radius 3 is 2.45 bits per heavy atom. The van der Waals surface area contributed by atoms with E-state index in [9.17, 15) is 29.3 Å². The maximum Gasteiger partial charge on any atom is 0.305 e. The summed E-state index contributed by atoms with van der Waals surface area (Å²) in [4.78, 5) is 68.5. The zero-order valence-electron chi connectivity index (χ0n) is 25.0. The molecule has 3 amide bonds. The van der Waals surface area contributed by atoms with Gasteiger partial charge in [0.15, 0.2) is 6.61 Å². The Morgan fingerprint density at radius 2 is 1.74 bits per heavy atom. The van der Waals surface area contributed by atoms with Crippen molar-refractivity contribution in [1.82, 2.24) is 4.98 Å². The summed E-state index contributed by atoms with van der Waals surface area (Å²) in [7, 11) is 0. The highest BCUT2D eigenvalue weighted by Gasteiger charge is 2.69. The lowest BCUT2D eigenvalue weighted by molar-refractivity contribution is -0.384. The molecule has 2 bridgehead atoms. The SMILES string of the molecule is Cc1cccc(NC(=O)COc2ccc([C@H]3c4sc(=O)[nH]c4SC4C5CC(C6C(=O)N(c7ccc([N+](=O)[O-])cc7)C(=O)C56)C43)cc2)c1. The molecule has 4 aliphatic rings. The highest BCUT2D eigenvalue weighted by Crippen LogP contribution is 2.68. The maximum absolute atomic E-state index is 13.9. The molecule has 4 aromatic rings. The molecule has 6 unspecified atom stereocenters. The lowest BCUT2D eigenvalue weighted by atomic mass is 9.68. The number of ether oxygens (including phenoxy) is 1. The fourth-order valence-corrected chi connectivity index (χ4v) is 11.1. The molecule has 2 aliphatic carbocycles. The number of rotatable bonds is 7. The monoisotopic (exact) mass is 668 g/mol. The minimum Gasteiger partial charge on any atom is -0.484 e. The Morgan fingerprint density at radius 1 is 1.02 bits per heavy atom. The molecule has 1 aromatic heterocycles. The number of non-ortho nitro benzene ring substituents is 1. The van der Waals surface area contributed by atoms with Gasteiger partial charge in [-0.1, -0.05) is 35.6 Å². The lowest BCUT2D eigenvalue weighted by Crippen LogP contribution is -2.42. The van der Waals surface area contributed by atoms with Gasteiger partial charge in [0.2, 0.25) is 11.8 Å². The zero-order chi connectivity index (χ0) is 32.6. The van der Waals surface area contributed by atoms with Crippen molar-refractivity contribution in [1.29, 1.82) is 0 Å². The molecule has 0 radical (unpaired) electrons. The van der Waals surface area contributed by atoms with Crippen LogP contribution in [-0.2, 0) is 14.4 Å². The standard InChI is InChI=1S/C34H28N4O7S2/c1-16-3-2-4-18(13-16)35-24(39)15-45-21-11-5-17(6-12-21)25-26-22-14-23(29(26)46-31-30(25)47-34(42)36-31)28-27(22)32(40)37(33(28)41)19-7-9-20(10-8-19)38(43)44/h2-13,22-23,25-29H,14-15H2,1H3,(H,35,39)(H,36,42)/t22?,23?,25-,26?,27?,28?,29?/m1/s1. The van der Waals surface area contributed by atoms with E-state index in [1.54, 1.807) is 11.8 Å². The van der Waals surface area contributed by atoms with Crippen LogP contribution in [-0.4, -0.2) is 39.5 Å². The van der Waals surface area contributed by atoms with Gasteiger partial charge in [0.05, 0.1) is 27.5 Å². The Bertz CT molecular complexity index is 2010. The first-order valence-corrected chi connectivity index (χ1v) is 17.0. The number of thioether (sulfide) groups is 1. The van der Waals surface area contributed by atoms with Crippen molar-refractivity contribution >= 4 is 57.9 Å². The van der Waals surface area contributed by atoms with E-state index in [-0.39, 0.29) is 63.8 Å². The summed E-state index contributed by atoms with van der Waals surface area (Å²) in [6.07, 6.45) is 0.746. The van der Waals surface area contributed by atoms with Crippen LogP contribution in [0.4, 0.5) is 17.1 Å². The first kappa shape index (κ1) is 29.6. The normalized spacial score (nSPS) is 26.9. The van der Waals surface area contributed by atoms with Crippen LogP contribution in [0.25, 0.3) is 0 Å². The molecule has 7 atom stereocenters. The molecule has 2 saturated carbocycles. The zero-order valence-corrected chi connectivity index (χ0v) is 26.6. The molecule has 2 N–H and O–H groups in total. The van der Waals surface area contributed by atoms with Crippen LogP contribution in [0.15, 0.2) is 82.6 Å². The highest BCUT2D eigenvalue weighted by molar-refractivity contribution is 8.00. The van der Waals surface area contributed by atoms with Gasteiger partial charge >= 0.3 is 4.87 Å². The first-order chi connectivity index (χ1) is 22.7. The van der Waals surface area contributed by atoms with E-state index < -0.39 is 16.8 Å². The number of aromatic nitrogens is 1. The number of fused-ring (bicyclic) bond motifs is 9. The van der Waals surface area contributed by atoms with Crippen molar-refractivity contribution in [3.8, 4) is 5.75 Å². The van der Waals surface area contributed by atoms with Crippen molar-refractivity contribution < 1.29 is 24.0 Å². The van der Waals surface area contributed by atoms with Gasteiger partial charge in [0.25, 0.3) is 11.6 Å². The van der Waals surface area contributed by atoms with Crippen molar-refractivity contribution in [2.24, 2.45) is 29.6 Å². The largest absolute Gasteiger partial charge is 0.484 e. The number of imide groups is 1. The van der Waals surface area contributed by atoms with Crippen molar-refractivity contribution in [2.45, 2.75) is 29.5 Å². The minimum absolute atomic E-state index is 0.0191. The molecular formula is C34H28N4O7S2. The molecule has 47 heavy (non-hydrogen) atoms. The Labute approximate surface area is 276 Å². The van der Waals surface area contributed by atoms with E-state index in [1.165, 1.54) is 40.5 Å². The van der Waals surface area contributed by atoms with Gasteiger partial charge in [-0.2, -0.15) is 0 Å². The van der Waals surface area contributed by atoms with Gasteiger partial charge in [-0.05, 0) is 78.6 Å². The molecule has 2 aliphatic heterocycles. The van der Waals surface area contributed by atoms with Gasteiger partial charge in [0.1, 0.15) is 5.75 Å². The van der Waals surface area contributed by atoms with Gasteiger partial charge in [-0.15, -0.1) is 11.8 Å². The minimum atomic E-state index is -0.514. The molecule has 238 valence electrons. The van der Waals surface area contributed by atoms with E-state index in [0.717, 1.165) is 27.5 Å². The van der Waals surface area contributed by atoms with E-state index in [2.05, 4.69) is 10.3 Å². The lowest BCUT2D eigenvalue weighted by Gasteiger charge is -2.43. The van der Waals surface area contributed by atoms with Crippen molar-refractivity contribution in [3.63, 3.8) is 0 Å². The number of benzene rings is 3. The van der Waals surface area contributed by atoms with E-state index in [0.29, 0.717) is 17.1 Å². The second kappa shape index (κ2) is 11.2. The summed E-state index contributed by atoms with van der Waals surface area (Å²) >= 11 is 2.79. The number of H-pyrrole nitrogens is 1. The molecule has 3 heterocycles. The number of amides is 3. The van der Waals surface area contributed by atoms with Crippen LogP contribution in [0.1, 0.15) is 28.3 Å². The summed E-state index contributed by atoms with van der Waals surface area (Å²) in [5, 5.41) is 14.8. The highest BCUT2D eigenvalue weighted by atomic mass is 32.2. The Balaban J connectivity index is 1.05. The van der Waals surface area contributed by atoms with E-state index >= 15 is 0 Å². The average Bonchev–Trinajstić information content (AvgIpc) is 3.79. The second-order valence-corrected chi connectivity index (χ2v) is 14.7. The number of hydrogen-bond donors (Lipinski definition) is 2. The smallest absolute Gasteiger partial charge is 0.305 e. The van der Waals surface area contributed by atoms with Crippen LogP contribution in [0.5, 0.6) is 5.75 Å². The quantitative estimate of drug-likeness (QED) is 0.152. The van der Waals surface area contributed by atoms with Gasteiger partial charge in [-0.3, -0.25) is 34.2 Å². The second-order valence-electron chi connectivity index (χ2n) is 12.5. The number of aromatic amines is 1. The maximum atomic E-state index is 13.9. The van der Waals surface area contributed by atoms with E-state index in [4.69, 9.17) is 4.74 Å². The fraction of sp³-hybridized carbons (Fsp3) is 0.294. The van der Waals surface area contributed by atoms with Crippen LogP contribution in [0, 0.1) is 46.6 Å². The number of carbonyl (C=O) groups is 3. The predicted molar refractivity (Wildman–Crippen MR) is 176 cm³/mol. The first-order valence-electron chi connectivity index (χ1n) is 15.3. The number of hydrogen-bond acceptors (Lipinski definition) is 9. The summed E-state index contributed by atoms with van der Waals surface area (Å²) in [6, 6.07) is 20.6. The van der Waals surface area contributed by atoms with Crippen molar-refractivity contribution in [3.05, 3.63) is 109 Å². The van der Waals surface area contributed by atoms with Gasteiger partial charge < -0.3 is 15.0 Å². The Hall–Kier alpha value is -4.75. The number of anilines is 2. The van der Waals surface area contributed by atoms with Crippen LogP contribution >= 0.6 is 23.1 Å². The van der Waals surface area contributed by atoms with Crippen LogP contribution in [0.2, 0.25) is 0 Å². The van der Waals surface area contributed by atoms with Crippen molar-refractivity contribution in [2.75, 3.05) is 16.8 Å². The number of carbonyl (C=O) groups excluding carboxylic acids is 3. The topological polar surface area (TPSA) is 152 Å². The number of nitrogens with one attached hydrogen (secondary N) is 2. The molecule has 13 heteroatoms. The summed E-state index contributed by atoms with van der Waals surface area (Å²) in [6.45, 7) is 1.79. The predicted octanol–water partition coefficient (Wildman–Crippen LogP) is 5.35. The average molecular weight is 669 g/mol. The Kier molecular flexibility index (Phi) is 7.06.